The van der Waals surface area contributed by atoms with Crippen LogP contribution in [0.2, 0.25) is 0 Å². The van der Waals surface area contributed by atoms with Crippen LogP contribution in [0.4, 0.5) is 19.0 Å². The lowest BCUT2D eigenvalue weighted by atomic mass is 10.2. The molecule has 0 amide bonds. The van der Waals surface area contributed by atoms with Crippen LogP contribution in [0.5, 0.6) is 0 Å². The number of nitrogens with zero attached hydrogens (tertiary/aromatic N) is 1. The molecular formula is C12H9F3N2. The van der Waals surface area contributed by atoms with Gasteiger partial charge in [-0.05, 0) is 29.8 Å². The number of anilines is 1. The van der Waals surface area contributed by atoms with Crippen molar-refractivity contribution in [2.75, 3.05) is 5.32 Å². The Kier molecular flexibility index (Phi) is 3.27. The minimum Gasteiger partial charge on any atom is -0.363 e. The van der Waals surface area contributed by atoms with E-state index in [4.69, 9.17) is 0 Å². The molecule has 1 aromatic heterocycles. The van der Waals surface area contributed by atoms with Gasteiger partial charge in [0.25, 0.3) is 0 Å². The van der Waals surface area contributed by atoms with Crippen molar-refractivity contribution in [3.63, 3.8) is 0 Å². The molecular weight excluding hydrogens is 229 g/mol. The summed E-state index contributed by atoms with van der Waals surface area (Å²) in [7, 11) is 0. The third-order valence-electron chi connectivity index (χ3n) is 2.16. The van der Waals surface area contributed by atoms with Crippen LogP contribution in [-0.4, -0.2) is 4.98 Å². The average molecular weight is 238 g/mol. The fraction of sp³-hybridized carbons (Fsp3) is 0.0833. The van der Waals surface area contributed by atoms with Crippen LogP contribution < -0.4 is 5.32 Å². The van der Waals surface area contributed by atoms with Crippen LogP contribution in [0, 0.1) is 17.6 Å². The second-order valence-electron chi connectivity index (χ2n) is 3.45. The number of rotatable bonds is 3. The van der Waals surface area contributed by atoms with E-state index in [1.165, 1.54) is 12.1 Å². The number of pyridine rings is 1. The molecule has 0 aliphatic carbocycles. The Labute approximate surface area is 96.1 Å². The lowest BCUT2D eigenvalue weighted by molar-refractivity contribution is 0.563. The van der Waals surface area contributed by atoms with E-state index in [0.29, 0.717) is 5.56 Å². The first-order valence-electron chi connectivity index (χ1n) is 4.95. The zero-order valence-corrected chi connectivity index (χ0v) is 8.75. The molecule has 0 aliphatic rings. The molecule has 2 nitrogen and oxygen atoms in total. The maximum Gasteiger partial charge on any atom is 0.214 e. The minimum atomic E-state index is -0.770. The Hall–Kier alpha value is -2.04. The second-order valence-corrected chi connectivity index (χ2v) is 3.45. The molecule has 1 aromatic carbocycles. The summed E-state index contributed by atoms with van der Waals surface area (Å²) in [6.45, 7) is 0.172. The summed E-state index contributed by atoms with van der Waals surface area (Å²) in [5.41, 5.74) is 0.621. The number of hydrogen-bond donors (Lipinski definition) is 1. The summed E-state index contributed by atoms with van der Waals surface area (Å²) >= 11 is 0. The van der Waals surface area contributed by atoms with Gasteiger partial charge < -0.3 is 5.32 Å². The van der Waals surface area contributed by atoms with Crippen molar-refractivity contribution in [1.82, 2.24) is 4.98 Å². The molecule has 0 spiro atoms. The summed E-state index contributed by atoms with van der Waals surface area (Å²) in [4.78, 5) is 3.36. The molecule has 0 radical (unpaired) electrons. The number of halogens is 3. The van der Waals surface area contributed by atoms with Crippen molar-refractivity contribution in [3.05, 3.63) is 59.5 Å². The summed E-state index contributed by atoms with van der Waals surface area (Å²) in [6.07, 6.45) is 0. The molecule has 5 heteroatoms. The summed E-state index contributed by atoms with van der Waals surface area (Å²) < 4.78 is 38.8. The van der Waals surface area contributed by atoms with Gasteiger partial charge >= 0.3 is 0 Å². The van der Waals surface area contributed by atoms with Crippen molar-refractivity contribution in [2.24, 2.45) is 0 Å². The maximum absolute atomic E-state index is 13.2. The Morgan fingerprint density at radius 1 is 1.06 bits per heavy atom. The largest absolute Gasteiger partial charge is 0.363 e. The molecule has 88 valence electrons. The van der Waals surface area contributed by atoms with E-state index < -0.39 is 11.8 Å². The predicted molar refractivity (Wildman–Crippen MR) is 57.9 cm³/mol. The van der Waals surface area contributed by atoms with Crippen molar-refractivity contribution in [1.29, 1.82) is 0 Å². The zero-order chi connectivity index (χ0) is 12.3. The summed E-state index contributed by atoms with van der Waals surface area (Å²) in [6, 6.07) is 7.75. The number of hydrogen-bond acceptors (Lipinski definition) is 2. The van der Waals surface area contributed by atoms with Crippen LogP contribution in [-0.2, 0) is 6.54 Å². The summed E-state index contributed by atoms with van der Waals surface area (Å²) in [5, 5.41) is 2.60. The van der Waals surface area contributed by atoms with Crippen LogP contribution in [0.25, 0.3) is 0 Å². The monoisotopic (exact) mass is 238 g/mol. The number of benzene rings is 1. The molecule has 0 saturated heterocycles. The molecule has 0 bridgehead atoms. The first-order valence-corrected chi connectivity index (χ1v) is 4.95. The Morgan fingerprint density at radius 3 is 2.65 bits per heavy atom. The summed E-state index contributed by atoms with van der Waals surface area (Å²) in [5.74, 6) is -1.98. The highest BCUT2D eigenvalue weighted by Gasteiger charge is 2.05. The van der Waals surface area contributed by atoms with Crippen LogP contribution in [0.3, 0.4) is 0 Å². The molecule has 0 atom stereocenters. The van der Waals surface area contributed by atoms with E-state index in [0.717, 1.165) is 12.1 Å². The number of nitrogens with one attached hydrogen (secondary N) is 1. The van der Waals surface area contributed by atoms with Gasteiger partial charge in [-0.2, -0.15) is 9.37 Å². The molecule has 0 fully saturated rings. The van der Waals surface area contributed by atoms with Crippen LogP contribution >= 0.6 is 0 Å². The Bertz CT molecular complexity index is 529. The number of aromatic nitrogens is 1. The Morgan fingerprint density at radius 2 is 1.88 bits per heavy atom. The smallest absolute Gasteiger partial charge is 0.214 e. The fourth-order valence-corrected chi connectivity index (χ4v) is 1.38. The van der Waals surface area contributed by atoms with Gasteiger partial charge in [-0.1, -0.05) is 12.1 Å². The van der Waals surface area contributed by atoms with Crippen molar-refractivity contribution >= 4 is 5.82 Å². The molecule has 2 rings (SSSR count). The highest BCUT2D eigenvalue weighted by Crippen LogP contribution is 2.12. The van der Waals surface area contributed by atoms with Gasteiger partial charge in [0.15, 0.2) is 11.6 Å². The molecule has 2 aromatic rings. The Balaban J connectivity index is 2.09. The normalized spacial score (nSPS) is 10.3. The van der Waals surface area contributed by atoms with Crippen molar-refractivity contribution in [2.45, 2.75) is 6.54 Å². The molecule has 1 N–H and O–H groups in total. The van der Waals surface area contributed by atoms with E-state index in [9.17, 15) is 13.2 Å². The molecule has 0 aliphatic heterocycles. The standard InChI is InChI=1S/C12H9F3N2/c13-9-3-1-2-8(6-9)7-16-12-10(14)4-5-11(15)17-12/h1-6H,7H2,(H,16,17). The van der Waals surface area contributed by atoms with Gasteiger partial charge in [-0.25, -0.2) is 8.78 Å². The van der Waals surface area contributed by atoms with Gasteiger partial charge in [0, 0.05) is 6.54 Å². The van der Waals surface area contributed by atoms with Gasteiger partial charge in [-0.15, -0.1) is 0 Å². The van der Waals surface area contributed by atoms with Gasteiger partial charge in [0.2, 0.25) is 5.95 Å². The lowest BCUT2D eigenvalue weighted by Crippen LogP contribution is -2.04. The van der Waals surface area contributed by atoms with E-state index in [2.05, 4.69) is 10.3 Å². The highest BCUT2D eigenvalue weighted by molar-refractivity contribution is 5.37. The molecule has 17 heavy (non-hydrogen) atoms. The van der Waals surface area contributed by atoms with Crippen molar-refractivity contribution < 1.29 is 13.2 Å². The average Bonchev–Trinajstić information content (AvgIpc) is 2.30. The second kappa shape index (κ2) is 4.86. The fourth-order valence-electron chi connectivity index (χ4n) is 1.38. The highest BCUT2D eigenvalue weighted by atomic mass is 19.1. The first kappa shape index (κ1) is 11.4. The van der Waals surface area contributed by atoms with Crippen molar-refractivity contribution in [3.8, 4) is 0 Å². The quantitative estimate of drug-likeness (QED) is 0.831. The first-order chi connectivity index (χ1) is 8.15. The predicted octanol–water partition coefficient (Wildman–Crippen LogP) is 3.11. The van der Waals surface area contributed by atoms with E-state index in [1.807, 2.05) is 0 Å². The third-order valence-corrected chi connectivity index (χ3v) is 2.16. The molecule has 0 saturated carbocycles. The molecule has 0 unspecified atom stereocenters. The molecule has 1 heterocycles. The van der Waals surface area contributed by atoms with E-state index in [-0.39, 0.29) is 18.2 Å². The SMILES string of the molecule is Fc1cccc(CNc2nc(F)ccc2F)c1. The third kappa shape index (κ3) is 2.96. The van der Waals surface area contributed by atoms with E-state index >= 15 is 0 Å². The van der Waals surface area contributed by atoms with Gasteiger partial charge in [0.1, 0.15) is 5.82 Å². The zero-order valence-electron chi connectivity index (χ0n) is 8.75. The topological polar surface area (TPSA) is 24.9 Å². The van der Waals surface area contributed by atoms with E-state index in [1.54, 1.807) is 12.1 Å². The lowest BCUT2D eigenvalue weighted by Gasteiger charge is -2.06. The van der Waals surface area contributed by atoms with Crippen LogP contribution in [0.15, 0.2) is 36.4 Å². The van der Waals surface area contributed by atoms with Gasteiger partial charge in [-0.3, -0.25) is 0 Å². The van der Waals surface area contributed by atoms with Crippen LogP contribution in [0.1, 0.15) is 5.56 Å². The minimum absolute atomic E-state index is 0.172. The maximum atomic E-state index is 13.2. The van der Waals surface area contributed by atoms with Gasteiger partial charge in [0.05, 0.1) is 0 Å².